The molecule has 0 saturated heterocycles. The summed E-state index contributed by atoms with van der Waals surface area (Å²) >= 11 is 0. The predicted molar refractivity (Wildman–Crippen MR) is 218 cm³/mol. The topological polar surface area (TPSA) is 210 Å². The summed E-state index contributed by atoms with van der Waals surface area (Å²) in [4.78, 5) is 35.0. The van der Waals surface area contributed by atoms with Crippen molar-refractivity contribution in [2.45, 2.75) is 160 Å². The fourth-order valence-electron chi connectivity index (χ4n) is 5.17. The fourth-order valence-corrected chi connectivity index (χ4v) is 5.95. The SMILES string of the molecule is CC/C=C\C[C@H](O)/C=C/C=C/C=C\C=C/[C@@H](O)[C@H](O)CCCC(=O)O[C@H](COC(=O)CCCCCCCCCCCCC(C)C)COP(=O)(O)OC[C@@H](O)CO. The lowest BCUT2D eigenvalue weighted by Gasteiger charge is -2.20. The zero-order valence-corrected chi connectivity index (χ0v) is 35.0. The van der Waals surface area contributed by atoms with Crippen LogP contribution in [-0.4, -0.2) is 99.3 Å². The van der Waals surface area contributed by atoms with Crippen molar-refractivity contribution in [1.82, 2.24) is 0 Å². The van der Waals surface area contributed by atoms with Gasteiger partial charge in [0.2, 0.25) is 0 Å². The Hall–Kier alpha value is -2.45. The summed E-state index contributed by atoms with van der Waals surface area (Å²) in [7, 11) is -4.72. The molecule has 6 N–H and O–H groups in total. The lowest BCUT2D eigenvalue weighted by molar-refractivity contribution is -0.161. The van der Waals surface area contributed by atoms with E-state index < -0.39 is 76.7 Å². The van der Waals surface area contributed by atoms with Gasteiger partial charge >= 0.3 is 19.8 Å². The molecule has 0 amide bonds. The van der Waals surface area contributed by atoms with Gasteiger partial charge in [0.15, 0.2) is 6.10 Å². The number of allylic oxidation sites excluding steroid dienone is 7. The third-order valence-electron chi connectivity index (χ3n) is 8.46. The molecular weight excluding hydrogens is 743 g/mol. The molecule has 0 saturated carbocycles. The second-order valence-corrected chi connectivity index (χ2v) is 15.8. The van der Waals surface area contributed by atoms with Crippen LogP contribution < -0.4 is 0 Å². The molecule has 14 heteroatoms. The van der Waals surface area contributed by atoms with Crippen molar-refractivity contribution in [1.29, 1.82) is 0 Å². The van der Waals surface area contributed by atoms with E-state index in [1.807, 2.05) is 19.1 Å². The number of phosphoric acid groups is 1. The molecule has 0 aliphatic heterocycles. The minimum atomic E-state index is -4.72. The van der Waals surface area contributed by atoms with E-state index in [4.69, 9.17) is 19.1 Å². The number of aliphatic hydroxyl groups excluding tert-OH is 5. The highest BCUT2D eigenvalue weighted by Gasteiger charge is 2.27. The Balaban J connectivity index is 4.70. The Morgan fingerprint density at radius 2 is 1.21 bits per heavy atom. The zero-order chi connectivity index (χ0) is 41.9. The molecule has 0 aromatic carbocycles. The summed E-state index contributed by atoms with van der Waals surface area (Å²) in [5.41, 5.74) is 0. The Morgan fingerprint density at radius 3 is 1.82 bits per heavy atom. The molecule has 0 aromatic rings. The van der Waals surface area contributed by atoms with E-state index >= 15 is 0 Å². The minimum Gasteiger partial charge on any atom is -0.462 e. The molecule has 1 unspecified atom stereocenters. The fraction of sp³-hybridized carbons (Fsp3) is 0.714. The van der Waals surface area contributed by atoms with Crippen molar-refractivity contribution in [2.24, 2.45) is 5.92 Å². The average Bonchev–Trinajstić information content (AvgIpc) is 3.16. The molecule has 0 heterocycles. The van der Waals surface area contributed by atoms with Gasteiger partial charge in [0.1, 0.15) is 12.7 Å². The van der Waals surface area contributed by atoms with Crippen molar-refractivity contribution in [3.8, 4) is 0 Å². The van der Waals surface area contributed by atoms with Crippen molar-refractivity contribution < 1.29 is 63.1 Å². The van der Waals surface area contributed by atoms with Crippen LogP contribution in [0.3, 0.4) is 0 Å². The first-order chi connectivity index (χ1) is 26.8. The first kappa shape index (κ1) is 53.6. The van der Waals surface area contributed by atoms with Gasteiger partial charge in [-0.2, -0.15) is 0 Å². The van der Waals surface area contributed by atoms with Crippen molar-refractivity contribution in [3.63, 3.8) is 0 Å². The van der Waals surface area contributed by atoms with Crippen LogP contribution in [0.15, 0.2) is 60.8 Å². The van der Waals surface area contributed by atoms with E-state index in [0.717, 1.165) is 31.6 Å². The van der Waals surface area contributed by atoms with Crippen molar-refractivity contribution >= 4 is 19.8 Å². The van der Waals surface area contributed by atoms with Gasteiger partial charge < -0.3 is 39.9 Å². The van der Waals surface area contributed by atoms with Crippen LogP contribution in [0.1, 0.15) is 130 Å². The molecule has 0 aliphatic rings. The van der Waals surface area contributed by atoms with Gasteiger partial charge in [-0.1, -0.05) is 146 Å². The summed E-state index contributed by atoms with van der Waals surface area (Å²) in [5, 5.41) is 48.7. The Morgan fingerprint density at radius 1 is 0.661 bits per heavy atom. The molecule has 13 nitrogen and oxygen atoms in total. The van der Waals surface area contributed by atoms with E-state index in [9.17, 15) is 39.5 Å². The number of rotatable bonds is 36. The highest BCUT2D eigenvalue weighted by Crippen LogP contribution is 2.43. The second kappa shape index (κ2) is 35.7. The molecule has 0 aliphatic carbocycles. The normalized spacial score (nSPS) is 16.3. The van der Waals surface area contributed by atoms with Gasteiger partial charge in [0, 0.05) is 12.8 Å². The van der Waals surface area contributed by atoms with Crippen LogP contribution in [0.4, 0.5) is 0 Å². The predicted octanol–water partition coefficient (Wildman–Crippen LogP) is 7.10. The standard InChI is InChI=1S/C42H73O13P/c1-4-5-18-25-36(44)26-20-15-12-13-16-21-27-39(46)40(47)28-23-30-42(49)55-38(34-54-56(50,51)53-32-37(45)31-43)33-52-41(48)29-22-17-11-9-7-6-8-10-14-19-24-35(2)3/h5,12-13,15-16,18,20-21,26-27,35-40,43-47H,4,6-11,14,17,19,22-25,28-34H2,1-3H3,(H,50,51)/b15-12+,16-13-,18-5-,26-20+,27-21-/t36-,37-,38+,39+,40+/m0/s1. The molecule has 324 valence electrons. The highest BCUT2D eigenvalue weighted by atomic mass is 31.2. The van der Waals surface area contributed by atoms with Gasteiger partial charge in [-0.25, -0.2) is 4.57 Å². The van der Waals surface area contributed by atoms with E-state index in [2.05, 4.69) is 18.4 Å². The quantitative estimate of drug-likeness (QED) is 0.0123. The van der Waals surface area contributed by atoms with E-state index in [1.54, 1.807) is 42.5 Å². The van der Waals surface area contributed by atoms with Crippen LogP contribution in [0.2, 0.25) is 0 Å². The number of carbonyl (C=O) groups is 2. The van der Waals surface area contributed by atoms with Gasteiger partial charge in [0.25, 0.3) is 0 Å². The number of unbranched alkanes of at least 4 members (excludes halogenated alkanes) is 9. The highest BCUT2D eigenvalue weighted by molar-refractivity contribution is 7.47. The van der Waals surface area contributed by atoms with E-state index in [-0.39, 0.29) is 25.7 Å². The number of esters is 2. The Kier molecular flexibility index (Phi) is 34.1. The van der Waals surface area contributed by atoms with Gasteiger partial charge in [-0.3, -0.25) is 18.6 Å². The number of hydrogen-bond donors (Lipinski definition) is 6. The summed E-state index contributed by atoms with van der Waals surface area (Å²) in [6.45, 7) is 4.05. The number of hydrogen-bond acceptors (Lipinski definition) is 12. The molecule has 0 bridgehead atoms. The third-order valence-corrected chi connectivity index (χ3v) is 9.41. The summed E-state index contributed by atoms with van der Waals surface area (Å²) in [6.07, 6.45) is 25.8. The summed E-state index contributed by atoms with van der Waals surface area (Å²) < 4.78 is 32.4. The van der Waals surface area contributed by atoms with Crippen molar-refractivity contribution in [2.75, 3.05) is 26.4 Å². The largest absolute Gasteiger partial charge is 0.472 e. The van der Waals surface area contributed by atoms with Crippen LogP contribution in [0.5, 0.6) is 0 Å². The molecular formula is C42H73O13P. The van der Waals surface area contributed by atoms with Gasteiger partial charge in [-0.05, 0) is 38.0 Å². The molecule has 56 heavy (non-hydrogen) atoms. The van der Waals surface area contributed by atoms with Crippen LogP contribution in [-0.2, 0) is 32.7 Å². The number of carbonyl (C=O) groups excluding carboxylic acids is 2. The van der Waals surface area contributed by atoms with E-state index in [0.29, 0.717) is 12.8 Å². The monoisotopic (exact) mass is 816 g/mol. The lowest BCUT2D eigenvalue weighted by Crippen LogP contribution is -2.30. The lowest BCUT2D eigenvalue weighted by atomic mass is 10.0. The first-order valence-electron chi connectivity index (χ1n) is 20.4. The second-order valence-electron chi connectivity index (χ2n) is 14.3. The minimum absolute atomic E-state index is 0.0618. The maximum absolute atomic E-state index is 12.6. The van der Waals surface area contributed by atoms with Crippen LogP contribution in [0, 0.1) is 5.92 Å². The van der Waals surface area contributed by atoms with E-state index in [1.165, 1.54) is 51.0 Å². The Labute approximate surface area is 335 Å². The molecule has 0 aromatic heterocycles. The molecule has 6 atom stereocenters. The molecule has 0 fully saturated rings. The average molecular weight is 817 g/mol. The summed E-state index contributed by atoms with van der Waals surface area (Å²) in [5.74, 6) is -0.496. The zero-order valence-electron chi connectivity index (χ0n) is 34.1. The van der Waals surface area contributed by atoms with Crippen LogP contribution in [0.25, 0.3) is 0 Å². The smallest absolute Gasteiger partial charge is 0.462 e. The first-order valence-corrected chi connectivity index (χ1v) is 21.9. The number of aliphatic hydroxyl groups is 5. The Bertz CT molecular complexity index is 1180. The summed E-state index contributed by atoms with van der Waals surface area (Å²) in [6, 6.07) is 0. The maximum atomic E-state index is 12.6. The molecule has 0 spiro atoms. The van der Waals surface area contributed by atoms with Crippen LogP contribution >= 0.6 is 7.82 Å². The maximum Gasteiger partial charge on any atom is 0.472 e. The third kappa shape index (κ3) is 34.8. The van der Waals surface area contributed by atoms with Crippen molar-refractivity contribution in [3.05, 3.63) is 60.8 Å². The van der Waals surface area contributed by atoms with Gasteiger partial charge in [-0.15, -0.1) is 0 Å². The number of phosphoric ester groups is 1. The number of ether oxygens (including phenoxy) is 2. The molecule has 0 rings (SSSR count). The molecule has 0 radical (unpaired) electrons. The van der Waals surface area contributed by atoms with Gasteiger partial charge in [0.05, 0.1) is 38.1 Å².